The van der Waals surface area contributed by atoms with E-state index < -0.39 is 61.1 Å². The van der Waals surface area contributed by atoms with Crippen LogP contribution in [0, 0.1) is 0 Å². The van der Waals surface area contributed by atoms with Gasteiger partial charge in [-0.05, 0) is 0 Å². The number of hydrogen-bond donors (Lipinski definition) is 1. The van der Waals surface area contributed by atoms with Gasteiger partial charge in [-0.15, -0.1) is 5.06 Å². The van der Waals surface area contributed by atoms with Gasteiger partial charge in [0, 0.05) is 19.4 Å². The maximum Gasteiger partial charge on any atom is 0.334 e. The Bertz CT molecular complexity index is 667. The summed E-state index contributed by atoms with van der Waals surface area (Å²) in [5.74, 6) is -4.56. The average Bonchev–Trinajstić information content (AvgIpc) is 2.75. The highest BCUT2D eigenvalue weighted by atomic mass is 32.2. The Morgan fingerprint density at radius 3 is 1.91 bits per heavy atom. The van der Waals surface area contributed by atoms with Crippen molar-refractivity contribution >= 4 is 37.5 Å². The summed E-state index contributed by atoms with van der Waals surface area (Å²) in [5, 5.41) is 0.320. The molecule has 23 heavy (non-hydrogen) atoms. The van der Waals surface area contributed by atoms with Gasteiger partial charge in [0.05, 0.1) is 29.4 Å². The van der Waals surface area contributed by atoms with Crippen molar-refractivity contribution in [3.63, 3.8) is 0 Å². The van der Waals surface area contributed by atoms with Gasteiger partial charge in [-0.2, -0.15) is 0 Å². The molecule has 132 valence electrons. The number of carbonyl (C=O) groups excluding carboxylic acids is 3. The number of sulfone groups is 2. The van der Waals surface area contributed by atoms with Crippen molar-refractivity contribution in [1.82, 2.24) is 5.06 Å². The molecule has 0 spiro atoms. The second kappa shape index (κ2) is 7.84. The summed E-state index contributed by atoms with van der Waals surface area (Å²) in [6.07, 6.45) is -0.719. The fourth-order valence-electron chi connectivity index (χ4n) is 1.68. The number of nitrogens with zero attached hydrogens (tertiary/aromatic N) is 1. The predicted molar refractivity (Wildman–Crippen MR) is 78.2 cm³/mol. The molecule has 0 aromatic heterocycles. The van der Waals surface area contributed by atoms with Crippen molar-refractivity contribution in [2.45, 2.75) is 19.3 Å². The van der Waals surface area contributed by atoms with Crippen molar-refractivity contribution in [2.75, 3.05) is 29.6 Å². The molecular formula is C11H18N2O8S2. The highest BCUT2D eigenvalue weighted by molar-refractivity contribution is 7.95. The maximum absolute atomic E-state index is 11.7. The molecule has 1 aliphatic heterocycles. The number of carbonyl (C=O) groups is 3. The van der Waals surface area contributed by atoms with Crippen LogP contribution in [0.15, 0.2) is 0 Å². The van der Waals surface area contributed by atoms with Crippen LogP contribution in [0.2, 0.25) is 0 Å². The van der Waals surface area contributed by atoms with E-state index in [2.05, 4.69) is 4.84 Å². The first-order valence-electron chi connectivity index (χ1n) is 6.74. The van der Waals surface area contributed by atoms with Crippen molar-refractivity contribution in [3.8, 4) is 0 Å². The Hall–Kier alpha value is -1.53. The Balaban J connectivity index is 2.45. The molecule has 1 aliphatic rings. The first kappa shape index (κ1) is 19.5. The molecular weight excluding hydrogens is 352 g/mol. The quantitative estimate of drug-likeness (QED) is 0.443. The zero-order valence-corrected chi connectivity index (χ0v) is 13.9. The number of imide groups is 1. The summed E-state index contributed by atoms with van der Waals surface area (Å²) in [6, 6.07) is 0. The summed E-state index contributed by atoms with van der Waals surface area (Å²) < 4.78 is 46.2. The number of hydroxylamine groups is 2. The monoisotopic (exact) mass is 370 g/mol. The van der Waals surface area contributed by atoms with Gasteiger partial charge in [-0.25, -0.2) is 21.6 Å². The summed E-state index contributed by atoms with van der Waals surface area (Å²) >= 11 is 0. The third-order valence-corrected chi connectivity index (χ3v) is 6.54. The Kier molecular flexibility index (Phi) is 6.65. The van der Waals surface area contributed by atoms with Gasteiger partial charge in [-0.1, -0.05) is 0 Å². The number of amides is 2. The molecule has 0 atom stereocenters. The predicted octanol–water partition coefficient (Wildman–Crippen LogP) is -2.23. The van der Waals surface area contributed by atoms with Gasteiger partial charge in [0.25, 0.3) is 11.8 Å². The third kappa shape index (κ3) is 6.62. The SMILES string of the molecule is NCCS(=O)(=O)CCS(=O)(=O)CCC(=O)ON1C(=O)CCC1=O. The molecule has 1 heterocycles. The van der Waals surface area contributed by atoms with E-state index >= 15 is 0 Å². The van der Waals surface area contributed by atoms with Gasteiger partial charge >= 0.3 is 5.97 Å². The Morgan fingerprint density at radius 1 is 0.957 bits per heavy atom. The van der Waals surface area contributed by atoms with Crippen molar-refractivity contribution < 1.29 is 36.1 Å². The normalized spacial score (nSPS) is 16.0. The van der Waals surface area contributed by atoms with Crippen molar-refractivity contribution in [3.05, 3.63) is 0 Å². The van der Waals surface area contributed by atoms with Crippen LogP contribution in [0.5, 0.6) is 0 Å². The molecule has 0 bridgehead atoms. The van der Waals surface area contributed by atoms with Gasteiger partial charge < -0.3 is 10.6 Å². The van der Waals surface area contributed by atoms with Crippen LogP contribution in [0.25, 0.3) is 0 Å². The molecule has 0 aromatic carbocycles. The molecule has 2 N–H and O–H groups in total. The van der Waals surface area contributed by atoms with Crippen molar-refractivity contribution in [1.29, 1.82) is 0 Å². The molecule has 2 amide bonds. The maximum atomic E-state index is 11.7. The molecule has 0 radical (unpaired) electrons. The zero-order valence-electron chi connectivity index (χ0n) is 12.3. The lowest BCUT2D eigenvalue weighted by atomic mass is 10.4. The van der Waals surface area contributed by atoms with Gasteiger partial charge in [0.2, 0.25) is 0 Å². The molecule has 0 saturated carbocycles. The van der Waals surface area contributed by atoms with Crippen LogP contribution in [0.3, 0.4) is 0 Å². The molecule has 0 unspecified atom stereocenters. The van der Waals surface area contributed by atoms with Crippen LogP contribution in [0.4, 0.5) is 0 Å². The number of hydrogen-bond acceptors (Lipinski definition) is 9. The van der Waals surface area contributed by atoms with Crippen LogP contribution < -0.4 is 5.73 Å². The minimum absolute atomic E-state index is 0.0661. The lowest BCUT2D eigenvalue weighted by Gasteiger charge is -2.12. The minimum atomic E-state index is -3.80. The minimum Gasteiger partial charge on any atom is -0.330 e. The first-order chi connectivity index (χ1) is 10.6. The van der Waals surface area contributed by atoms with Gasteiger partial charge in [0.1, 0.15) is 0 Å². The molecule has 12 heteroatoms. The average molecular weight is 370 g/mol. The van der Waals surface area contributed by atoms with E-state index in [-0.39, 0.29) is 25.1 Å². The van der Waals surface area contributed by atoms with Gasteiger partial charge in [0.15, 0.2) is 19.7 Å². The Morgan fingerprint density at radius 2 is 1.43 bits per heavy atom. The second-order valence-electron chi connectivity index (χ2n) is 4.89. The van der Waals surface area contributed by atoms with E-state index in [9.17, 15) is 31.2 Å². The Labute approximate surface area is 133 Å². The highest BCUT2D eigenvalue weighted by Crippen LogP contribution is 2.12. The smallest absolute Gasteiger partial charge is 0.330 e. The van der Waals surface area contributed by atoms with Crippen LogP contribution in [0.1, 0.15) is 19.3 Å². The van der Waals surface area contributed by atoms with Gasteiger partial charge in [-0.3, -0.25) is 9.59 Å². The van der Waals surface area contributed by atoms with Crippen molar-refractivity contribution in [2.24, 2.45) is 5.73 Å². The molecule has 0 aliphatic carbocycles. The van der Waals surface area contributed by atoms with E-state index in [4.69, 9.17) is 5.73 Å². The molecule has 1 rings (SSSR count). The molecule has 1 saturated heterocycles. The number of rotatable bonds is 9. The van der Waals surface area contributed by atoms with E-state index in [1.54, 1.807) is 0 Å². The number of nitrogens with two attached hydrogens (primary N) is 1. The van der Waals surface area contributed by atoms with Crippen LogP contribution in [-0.4, -0.2) is 69.2 Å². The fraction of sp³-hybridized carbons (Fsp3) is 0.727. The van der Waals surface area contributed by atoms with E-state index in [0.717, 1.165) is 0 Å². The van der Waals surface area contributed by atoms with Crippen LogP contribution in [-0.2, 0) is 38.9 Å². The standard InChI is InChI=1S/C11H18N2O8S2/c12-4-6-23(19,20)8-7-22(17,18)5-3-11(16)21-13-9(14)1-2-10(13)15/h1-8,12H2. The lowest BCUT2D eigenvalue weighted by Crippen LogP contribution is -2.33. The van der Waals surface area contributed by atoms with Crippen LogP contribution >= 0.6 is 0 Å². The highest BCUT2D eigenvalue weighted by Gasteiger charge is 2.33. The summed E-state index contributed by atoms with van der Waals surface area (Å²) in [5.41, 5.74) is 5.10. The molecule has 1 fully saturated rings. The lowest BCUT2D eigenvalue weighted by molar-refractivity contribution is -0.197. The molecule has 0 aromatic rings. The third-order valence-electron chi connectivity index (χ3n) is 2.95. The van der Waals surface area contributed by atoms with E-state index in [1.807, 2.05) is 0 Å². The van der Waals surface area contributed by atoms with E-state index in [1.165, 1.54) is 0 Å². The summed E-state index contributed by atoms with van der Waals surface area (Å²) in [7, 11) is -7.35. The first-order valence-corrected chi connectivity index (χ1v) is 10.4. The topological polar surface area (TPSA) is 158 Å². The fourth-order valence-corrected chi connectivity index (χ4v) is 4.96. The zero-order chi connectivity index (χ0) is 17.7. The molecule has 10 nitrogen and oxygen atoms in total. The summed E-state index contributed by atoms with van der Waals surface area (Å²) in [4.78, 5) is 38.4. The summed E-state index contributed by atoms with van der Waals surface area (Å²) in [6.45, 7) is -0.105. The largest absolute Gasteiger partial charge is 0.334 e. The van der Waals surface area contributed by atoms with E-state index in [0.29, 0.717) is 5.06 Å². The second-order valence-corrected chi connectivity index (χ2v) is 9.49.